The van der Waals surface area contributed by atoms with Gasteiger partial charge in [-0.15, -0.1) is 0 Å². The quantitative estimate of drug-likeness (QED) is 0.556. The number of hydrogen-bond acceptors (Lipinski definition) is 4. The van der Waals surface area contributed by atoms with Crippen molar-refractivity contribution in [1.82, 2.24) is 19.5 Å². The molecule has 0 aliphatic carbocycles. The lowest BCUT2D eigenvalue weighted by Gasteiger charge is -2.37. The summed E-state index contributed by atoms with van der Waals surface area (Å²) < 4.78 is 1.96. The molecule has 3 aromatic rings. The van der Waals surface area contributed by atoms with Crippen LogP contribution in [0.15, 0.2) is 36.4 Å². The molecule has 0 saturated carbocycles. The van der Waals surface area contributed by atoms with Gasteiger partial charge in [0.1, 0.15) is 0 Å². The first kappa shape index (κ1) is 24.1. The van der Waals surface area contributed by atoms with Crippen LogP contribution in [0, 0.1) is 13.8 Å². The summed E-state index contributed by atoms with van der Waals surface area (Å²) >= 11 is 0. The highest BCUT2D eigenvalue weighted by molar-refractivity contribution is 5.75. The van der Waals surface area contributed by atoms with Gasteiger partial charge < -0.3 is 10.0 Å². The molecule has 1 fully saturated rings. The fourth-order valence-corrected chi connectivity index (χ4v) is 4.84. The molecule has 0 unspecified atom stereocenters. The van der Waals surface area contributed by atoms with E-state index in [2.05, 4.69) is 56.3 Å². The van der Waals surface area contributed by atoms with Crippen molar-refractivity contribution >= 4 is 17.6 Å². The van der Waals surface area contributed by atoms with Crippen LogP contribution >= 0.6 is 0 Å². The Balaban J connectivity index is 1.41. The van der Waals surface area contributed by atoms with Gasteiger partial charge in [-0.2, -0.15) is 5.10 Å². The van der Waals surface area contributed by atoms with E-state index in [4.69, 9.17) is 10.1 Å². The molecule has 0 bridgehead atoms. The Morgan fingerprint density at radius 1 is 1.15 bits per heavy atom. The lowest BCUT2D eigenvalue weighted by molar-refractivity contribution is -0.134. The van der Waals surface area contributed by atoms with Crippen LogP contribution in [0.5, 0.6) is 0 Å². The summed E-state index contributed by atoms with van der Waals surface area (Å²) in [6, 6.07) is 10.6. The number of hydrogen-bond donors (Lipinski definition) is 1. The average Bonchev–Trinajstić information content (AvgIpc) is 3.17. The molecule has 6 nitrogen and oxygen atoms in total. The number of carbonyl (C=O) groups excluding carboxylic acids is 1. The summed E-state index contributed by atoms with van der Waals surface area (Å²) in [6.07, 6.45) is 8.22. The minimum Gasteiger partial charge on any atom is -0.389 e. The van der Waals surface area contributed by atoms with Gasteiger partial charge in [0.2, 0.25) is 5.91 Å². The van der Waals surface area contributed by atoms with E-state index in [1.807, 2.05) is 23.3 Å². The van der Waals surface area contributed by atoms with E-state index < -0.39 is 5.60 Å². The number of aliphatic hydroxyl groups is 1. The van der Waals surface area contributed by atoms with E-state index in [0.29, 0.717) is 38.8 Å². The molecule has 1 saturated heterocycles. The van der Waals surface area contributed by atoms with E-state index in [1.54, 1.807) is 0 Å². The molecular formula is C28H36N4O2. The number of rotatable bonds is 7. The third-order valence-electron chi connectivity index (χ3n) is 6.93. The van der Waals surface area contributed by atoms with Crippen LogP contribution in [0.2, 0.25) is 0 Å². The first-order valence-corrected chi connectivity index (χ1v) is 12.4. The molecule has 180 valence electrons. The highest BCUT2D eigenvalue weighted by Crippen LogP contribution is 2.27. The number of nitrogens with zero attached hydrogens (tertiary/aromatic N) is 4. The second kappa shape index (κ2) is 10.1. The first-order valence-electron chi connectivity index (χ1n) is 12.4. The Hall–Kier alpha value is -2.99. The monoisotopic (exact) mass is 460 g/mol. The molecule has 1 N–H and O–H groups in total. The Morgan fingerprint density at radius 2 is 1.85 bits per heavy atom. The average molecular weight is 461 g/mol. The van der Waals surface area contributed by atoms with Crippen molar-refractivity contribution in [2.75, 3.05) is 13.1 Å². The SMILES string of the molecule is CCC(=O)N1CCC(O)(CC=Cc2ccc(Cc3c(CC)nn4c(C)cc(C)nc34)cc2)CC1. The smallest absolute Gasteiger partial charge is 0.222 e. The molecule has 4 rings (SSSR count). The van der Waals surface area contributed by atoms with Crippen molar-refractivity contribution in [3.8, 4) is 0 Å². The van der Waals surface area contributed by atoms with Crippen molar-refractivity contribution in [2.24, 2.45) is 0 Å². The van der Waals surface area contributed by atoms with Crippen molar-refractivity contribution in [3.05, 3.63) is 70.2 Å². The van der Waals surface area contributed by atoms with Gasteiger partial charge in [0.15, 0.2) is 5.65 Å². The molecule has 34 heavy (non-hydrogen) atoms. The zero-order valence-electron chi connectivity index (χ0n) is 20.8. The Morgan fingerprint density at radius 3 is 2.50 bits per heavy atom. The van der Waals surface area contributed by atoms with E-state index in [-0.39, 0.29) is 5.91 Å². The number of amides is 1. The van der Waals surface area contributed by atoms with Gasteiger partial charge in [-0.1, -0.05) is 50.3 Å². The van der Waals surface area contributed by atoms with E-state index >= 15 is 0 Å². The minimum absolute atomic E-state index is 0.175. The molecule has 1 aromatic carbocycles. The van der Waals surface area contributed by atoms with Gasteiger partial charge in [-0.3, -0.25) is 4.79 Å². The summed E-state index contributed by atoms with van der Waals surface area (Å²) in [5.74, 6) is 0.175. The fourth-order valence-electron chi connectivity index (χ4n) is 4.84. The van der Waals surface area contributed by atoms with Crippen LogP contribution in [0.25, 0.3) is 11.7 Å². The number of likely N-dealkylation sites (tertiary alicyclic amines) is 1. The van der Waals surface area contributed by atoms with Gasteiger partial charge in [0.25, 0.3) is 0 Å². The molecule has 1 aliphatic rings. The number of fused-ring (bicyclic) bond motifs is 1. The van der Waals surface area contributed by atoms with E-state index in [1.165, 1.54) is 11.1 Å². The Bertz CT molecular complexity index is 1190. The largest absolute Gasteiger partial charge is 0.389 e. The summed E-state index contributed by atoms with van der Waals surface area (Å²) in [4.78, 5) is 18.5. The summed E-state index contributed by atoms with van der Waals surface area (Å²) in [5, 5.41) is 15.7. The standard InChI is InChI=1S/C28H36N4O2/c1-5-25-24(27-29-20(3)18-21(4)32(27)30-25)19-23-11-9-22(10-12-23)8-7-13-28(34)14-16-31(17-15-28)26(33)6-2/h7-12,18,34H,5-6,13-17,19H2,1-4H3. The third-order valence-corrected chi connectivity index (χ3v) is 6.93. The zero-order valence-corrected chi connectivity index (χ0v) is 20.8. The normalized spacial score (nSPS) is 16.0. The van der Waals surface area contributed by atoms with Gasteiger partial charge in [0, 0.05) is 42.9 Å². The van der Waals surface area contributed by atoms with Gasteiger partial charge >= 0.3 is 0 Å². The van der Waals surface area contributed by atoms with Crippen LogP contribution in [0.3, 0.4) is 0 Å². The van der Waals surface area contributed by atoms with Gasteiger partial charge in [-0.25, -0.2) is 9.50 Å². The molecule has 6 heteroatoms. The van der Waals surface area contributed by atoms with Crippen LogP contribution in [-0.4, -0.2) is 49.2 Å². The summed E-state index contributed by atoms with van der Waals surface area (Å²) in [7, 11) is 0. The molecular weight excluding hydrogens is 424 g/mol. The van der Waals surface area contributed by atoms with Gasteiger partial charge in [0.05, 0.1) is 11.3 Å². The molecule has 2 aromatic heterocycles. The molecule has 1 amide bonds. The predicted molar refractivity (Wildman–Crippen MR) is 136 cm³/mol. The number of aryl methyl sites for hydroxylation is 3. The summed E-state index contributed by atoms with van der Waals surface area (Å²) in [5.41, 5.74) is 7.01. The molecule has 0 radical (unpaired) electrons. The lowest BCUT2D eigenvalue weighted by Crippen LogP contribution is -2.46. The molecule has 3 heterocycles. The van der Waals surface area contributed by atoms with Crippen LogP contribution in [0.4, 0.5) is 0 Å². The van der Waals surface area contributed by atoms with Crippen LogP contribution in [-0.2, 0) is 17.6 Å². The maximum absolute atomic E-state index is 11.9. The lowest BCUT2D eigenvalue weighted by atomic mass is 9.88. The Kier molecular flexibility index (Phi) is 7.17. The van der Waals surface area contributed by atoms with Gasteiger partial charge in [-0.05, 0) is 56.7 Å². The highest BCUT2D eigenvalue weighted by atomic mass is 16.3. The maximum Gasteiger partial charge on any atom is 0.222 e. The minimum atomic E-state index is -0.718. The highest BCUT2D eigenvalue weighted by Gasteiger charge is 2.32. The predicted octanol–water partition coefficient (Wildman–Crippen LogP) is 4.67. The number of piperidine rings is 1. The molecule has 0 atom stereocenters. The number of carbonyl (C=O) groups is 1. The van der Waals surface area contributed by atoms with E-state index in [9.17, 15) is 9.90 Å². The van der Waals surface area contributed by atoms with Crippen molar-refractivity contribution in [2.45, 2.75) is 71.8 Å². The second-order valence-corrected chi connectivity index (χ2v) is 9.54. The van der Waals surface area contributed by atoms with Crippen LogP contribution < -0.4 is 0 Å². The fraction of sp³-hybridized carbons (Fsp3) is 0.464. The first-order chi connectivity index (χ1) is 16.3. The van der Waals surface area contributed by atoms with Crippen LogP contribution in [0.1, 0.15) is 73.3 Å². The van der Waals surface area contributed by atoms with Crippen molar-refractivity contribution in [1.29, 1.82) is 0 Å². The Labute approximate surface area is 202 Å². The molecule has 1 aliphatic heterocycles. The molecule has 0 spiro atoms. The summed E-state index contributed by atoms with van der Waals surface area (Å²) in [6.45, 7) is 9.41. The van der Waals surface area contributed by atoms with E-state index in [0.717, 1.165) is 41.1 Å². The van der Waals surface area contributed by atoms with Crippen molar-refractivity contribution in [3.63, 3.8) is 0 Å². The zero-order chi connectivity index (χ0) is 24.3. The second-order valence-electron chi connectivity index (χ2n) is 9.54. The third kappa shape index (κ3) is 5.22. The van der Waals surface area contributed by atoms with Crippen molar-refractivity contribution < 1.29 is 9.90 Å². The number of aromatic nitrogens is 3. The maximum atomic E-state index is 11.9. The number of benzene rings is 1. The topological polar surface area (TPSA) is 70.7 Å².